The third-order valence-electron chi connectivity index (χ3n) is 2.50. The number of hydrogen-bond acceptors (Lipinski definition) is 3. The van der Waals surface area contributed by atoms with E-state index in [1.165, 1.54) is 10.4 Å². The van der Waals surface area contributed by atoms with Gasteiger partial charge in [0.15, 0.2) is 0 Å². The predicted molar refractivity (Wildman–Crippen MR) is 70.6 cm³/mol. The summed E-state index contributed by atoms with van der Waals surface area (Å²) in [5.74, 6) is -0.0519. The van der Waals surface area contributed by atoms with E-state index in [1.54, 1.807) is 35.9 Å². The van der Waals surface area contributed by atoms with Crippen molar-refractivity contribution in [1.82, 2.24) is 4.98 Å². The predicted octanol–water partition coefficient (Wildman–Crippen LogP) is 3.27. The standard InChI is InChI=1S/C13H14N2OS/c1-3-11-9(2)8-12(17-11)13(16)15-10-4-6-14-7-5-10/h4-8H,3H2,1-2H3,(H,14,15,16). The lowest BCUT2D eigenvalue weighted by atomic mass is 10.2. The Balaban J connectivity index is 2.15. The van der Waals surface area contributed by atoms with Gasteiger partial charge in [-0.2, -0.15) is 0 Å². The van der Waals surface area contributed by atoms with Crippen LogP contribution in [0.25, 0.3) is 0 Å². The van der Waals surface area contributed by atoms with Gasteiger partial charge in [-0.1, -0.05) is 6.92 Å². The van der Waals surface area contributed by atoms with Gasteiger partial charge in [0.25, 0.3) is 5.91 Å². The lowest BCUT2D eigenvalue weighted by molar-refractivity contribution is 0.103. The minimum atomic E-state index is -0.0519. The zero-order valence-corrected chi connectivity index (χ0v) is 10.7. The van der Waals surface area contributed by atoms with Crippen molar-refractivity contribution < 1.29 is 4.79 Å². The number of amides is 1. The molecule has 0 radical (unpaired) electrons. The van der Waals surface area contributed by atoms with E-state index >= 15 is 0 Å². The fraction of sp³-hybridized carbons (Fsp3) is 0.231. The number of aryl methyl sites for hydroxylation is 2. The molecule has 0 fully saturated rings. The molecule has 2 rings (SSSR count). The van der Waals surface area contributed by atoms with Crippen molar-refractivity contribution in [2.24, 2.45) is 0 Å². The SMILES string of the molecule is CCc1sc(C(=O)Nc2ccncc2)cc1C. The first-order chi connectivity index (χ1) is 8.20. The second-order valence-corrected chi connectivity index (χ2v) is 4.90. The quantitative estimate of drug-likeness (QED) is 0.903. The maximum atomic E-state index is 12.0. The number of nitrogens with one attached hydrogen (secondary N) is 1. The summed E-state index contributed by atoms with van der Waals surface area (Å²) in [4.78, 5) is 17.9. The summed E-state index contributed by atoms with van der Waals surface area (Å²) in [5, 5.41) is 2.85. The van der Waals surface area contributed by atoms with Crippen LogP contribution in [0.4, 0.5) is 5.69 Å². The molecule has 2 aromatic heterocycles. The Bertz CT molecular complexity index is 519. The normalized spacial score (nSPS) is 10.2. The van der Waals surface area contributed by atoms with E-state index < -0.39 is 0 Å². The Hall–Kier alpha value is -1.68. The number of aromatic nitrogens is 1. The fourth-order valence-electron chi connectivity index (χ4n) is 1.61. The second kappa shape index (κ2) is 5.10. The molecule has 0 spiro atoms. The molecule has 0 unspecified atom stereocenters. The van der Waals surface area contributed by atoms with E-state index in [0.29, 0.717) is 0 Å². The number of pyridine rings is 1. The van der Waals surface area contributed by atoms with Gasteiger partial charge in [0.2, 0.25) is 0 Å². The van der Waals surface area contributed by atoms with Crippen LogP contribution in [0.15, 0.2) is 30.6 Å². The first kappa shape index (κ1) is 11.8. The number of thiophene rings is 1. The summed E-state index contributed by atoms with van der Waals surface area (Å²) < 4.78 is 0. The van der Waals surface area contributed by atoms with Gasteiger partial charge in [-0.3, -0.25) is 9.78 Å². The van der Waals surface area contributed by atoms with E-state index in [9.17, 15) is 4.79 Å². The van der Waals surface area contributed by atoms with Crippen molar-refractivity contribution in [2.45, 2.75) is 20.3 Å². The molecule has 17 heavy (non-hydrogen) atoms. The van der Waals surface area contributed by atoms with Gasteiger partial charge in [-0.25, -0.2) is 0 Å². The van der Waals surface area contributed by atoms with Gasteiger partial charge < -0.3 is 5.32 Å². The van der Waals surface area contributed by atoms with Crippen molar-refractivity contribution in [3.8, 4) is 0 Å². The molecule has 3 nitrogen and oxygen atoms in total. The van der Waals surface area contributed by atoms with Crippen LogP contribution >= 0.6 is 11.3 Å². The molecule has 2 heterocycles. The molecule has 0 saturated carbocycles. The summed E-state index contributed by atoms with van der Waals surface area (Å²) in [6.07, 6.45) is 4.29. The molecule has 1 N–H and O–H groups in total. The molecule has 0 aromatic carbocycles. The Morgan fingerprint density at radius 1 is 1.41 bits per heavy atom. The summed E-state index contributed by atoms with van der Waals surface area (Å²) in [6.45, 7) is 4.14. The lowest BCUT2D eigenvalue weighted by Gasteiger charge is -2.01. The molecule has 0 aliphatic carbocycles. The minimum absolute atomic E-state index is 0.0519. The first-order valence-electron chi connectivity index (χ1n) is 5.51. The van der Waals surface area contributed by atoms with Gasteiger partial charge in [0.1, 0.15) is 0 Å². The fourth-order valence-corrected chi connectivity index (χ4v) is 2.62. The zero-order chi connectivity index (χ0) is 12.3. The van der Waals surface area contributed by atoms with E-state index in [4.69, 9.17) is 0 Å². The number of anilines is 1. The summed E-state index contributed by atoms with van der Waals surface area (Å²) in [7, 11) is 0. The van der Waals surface area contributed by atoms with E-state index in [1.807, 2.05) is 13.0 Å². The molecule has 0 aliphatic rings. The molecule has 0 atom stereocenters. The second-order valence-electron chi connectivity index (χ2n) is 3.76. The van der Waals surface area contributed by atoms with Crippen molar-refractivity contribution in [2.75, 3.05) is 5.32 Å². The molecular weight excluding hydrogens is 232 g/mol. The number of carbonyl (C=O) groups excluding carboxylic acids is 1. The van der Waals surface area contributed by atoms with Crippen LogP contribution in [0.5, 0.6) is 0 Å². The average Bonchev–Trinajstić information content (AvgIpc) is 2.72. The molecular formula is C13H14N2OS. The van der Waals surface area contributed by atoms with Crippen molar-refractivity contribution in [1.29, 1.82) is 0 Å². The third kappa shape index (κ3) is 2.71. The highest BCUT2D eigenvalue weighted by atomic mass is 32.1. The Labute approximate surface area is 105 Å². The molecule has 1 amide bonds. The van der Waals surface area contributed by atoms with E-state index in [2.05, 4.69) is 17.2 Å². The largest absolute Gasteiger partial charge is 0.321 e. The van der Waals surface area contributed by atoms with Crippen molar-refractivity contribution >= 4 is 22.9 Å². The Morgan fingerprint density at radius 2 is 2.12 bits per heavy atom. The molecule has 0 saturated heterocycles. The summed E-state index contributed by atoms with van der Waals surface area (Å²) >= 11 is 1.56. The van der Waals surface area contributed by atoms with Crippen LogP contribution in [-0.2, 0) is 6.42 Å². The zero-order valence-electron chi connectivity index (χ0n) is 9.86. The van der Waals surface area contributed by atoms with Crippen LogP contribution in [0, 0.1) is 6.92 Å². The summed E-state index contributed by atoms with van der Waals surface area (Å²) in [6, 6.07) is 5.50. The van der Waals surface area contributed by atoms with Gasteiger partial charge in [0, 0.05) is 23.0 Å². The molecule has 88 valence electrons. The van der Waals surface area contributed by atoms with Crippen LogP contribution < -0.4 is 5.32 Å². The maximum absolute atomic E-state index is 12.0. The Kier molecular flexibility index (Phi) is 3.54. The van der Waals surface area contributed by atoms with E-state index in [0.717, 1.165) is 17.0 Å². The third-order valence-corrected chi connectivity index (χ3v) is 3.88. The smallest absolute Gasteiger partial charge is 0.265 e. The van der Waals surface area contributed by atoms with E-state index in [-0.39, 0.29) is 5.91 Å². The summed E-state index contributed by atoms with van der Waals surface area (Å²) in [5.41, 5.74) is 1.96. The highest BCUT2D eigenvalue weighted by molar-refractivity contribution is 7.14. The molecule has 0 aliphatic heterocycles. The highest BCUT2D eigenvalue weighted by Gasteiger charge is 2.11. The maximum Gasteiger partial charge on any atom is 0.265 e. The Morgan fingerprint density at radius 3 is 2.71 bits per heavy atom. The number of carbonyl (C=O) groups is 1. The highest BCUT2D eigenvalue weighted by Crippen LogP contribution is 2.23. The van der Waals surface area contributed by atoms with Crippen LogP contribution in [-0.4, -0.2) is 10.9 Å². The van der Waals surface area contributed by atoms with Crippen molar-refractivity contribution in [3.63, 3.8) is 0 Å². The van der Waals surface area contributed by atoms with Crippen molar-refractivity contribution in [3.05, 3.63) is 45.9 Å². The number of nitrogens with zero attached hydrogens (tertiary/aromatic N) is 1. The topological polar surface area (TPSA) is 42.0 Å². The lowest BCUT2D eigenvalue weighted by Crippen LogP contribution is -2.09. The monoisotopic (exact) mass is 246 g/mol. The van der Waals surface area contributed by atoms with Crippen LogP contribution in [0.3, 0.4) is 0 Å². The minimum Gasteiger partial charge on any atom is -0.321 e. The molecule has 4 heteroatoms. The average molecular weight is 246 g/mol. The number of rotatable bonds is 3. The van der Waals surface area contributed by atoms with Gasteiger partial charge in [-0.15, -0.1) is 11.3 Å². The first-order valence-corrected chi connectivity index (χ1v) is 6.33. The number of hydrogen-bond donors (Lipinski definition) is 1. The van der Waals surface area contributed by atoms with Crippen LogP contribution in [0.1, 0.15) is 27.0 Å². The van der Waals surface area contributed by atoms with Gasteiger partial charge >= 0.3 is 0 Å². The molecule has 2 aromatic rings. The van der Waals surface area contributed by atoms with Crippen LogP contribution in [0.2, 0.25) is 0 Å². The molecule has 0 bridgehead atoms. The van der Waals surface area contributed by atoms with Gasteiger partial charge in [-0.05, 0) is 37.1 Å². The van der Waals surface area contributed by atoms with Gasteiger partial charge in [0.05, 0.1) is 4.88 Å².